The van der Waals surface area contributed by atoms with Crippen LogP contribution >= 0.6 is 0 Å². The van der Waals surface area contributed by atoms with E-state index in [1.54, 1.807) is 6.33 Å². The molecular formula is C16H18N4O. The average Bonchev–Trinajstić information content (AvgIpc) is 3.10. The van der Waals surface area contributed by atoms with Crippen molar-refractivity contribution in [2.45, 2.75) is 25.9 Å². The molecule has 0 saturated carbocycles. The number of nitrogens with two attached hydrogens (primary N) is 1. The highest BCUT2D eigenvalue weighted by Crippen LogP contribution is 2.17. The second kappa shape index (κ2) is 5.93. The third-order valence-electron chi connectivity index (χ3n) is 3.43. The standard InChI is InChI=1S/C16H18N4O/c1-12-7-14(19-21-12)10-20-11-18-9-16(20)15(17)8-13-5-3-2-4-6-13/h2-7,9,11,15H,8,10,17H2,1H3/t15-/m1/s1. The molecule has 2 aromatic heterocycles. The number of aromatic nitrogens is 3. The van der Waals surface area contributed by atoms with E-state index in [0.29, 0.717) is 6.54 Å². The Bertz CT molecular complexity index is 702. The maximum absolute atomic E-state index is 6.33. The van der Waals surface area contributed by atoms with E-state index in [2.05, 4.69) is 22.3 Å². The maximum Gasteiger partial charge on any atom is 0.133 e. The molecule has 0 saturated heterocycles. The van der Waals surface area contributed by atoms with Crippen molar-refractivity contribution in [2.24, 2.45) is 5.73 Å². The fourth-order valence-corrected chi connectivity index (χ4v) is 2.41. The number of rotatable bonds is 5. The summed E-state index contributed by atoms with van der Waals surface area (Å²) in [4.78, 5) is 4.21. The Balaban J connectivity index is 1.75. The zero-order valence-corrected chi connectivity index (χ0v) is 11.9. The molecule has 5 nitrogen and oxygen atoms in total. The first-order valence-electron chi connectivity index (χ1n) is 6.94. The lowest BCUT2D eigenvalue weighted by Gasteiger charge is -2.14. The second-order valence-corrected chi connectivity index (χ2v) is 5.17. The van der Waals surface area contributed by atoms with Crippen molar-refractivity contribution >= 4 is 0 Å². The number of hydrogen-bond donors (Lipinski definition) is 1. The highest BCUT2D eigenvalue weighted by atomic mass is 16.5. The Morgan fingerprint density at radius 2 is 2.10 bits per heavy atom. The number of aryl methyl sites for hydroxylation is 1. The zero-order chi connectivity index (χ0) is 14.7. The summed E-state index contributed by atoms with van der Waals surface area (Å²) in [6.45, 7) is 2.50. The van der Waals surface area contributed by atoms with Crippen molar-refractivity contribution in [1.29, 1.82) is 0 Å². The predicted molar refractivity (Wildman–Crippen MR) is 79.6 cm³/mol. The lowest BCUT2D eigenvalue weighted by atomic mass is 10.0. The highest BCUT2D eigenvalue weighted by molar-refractivity contribution is 5.19. The van der Waals surface area contributed by atoms with Gasteiger partial charge in [0.15, 0.2) is 0 Å². The molecule has 21 heavy (non-hydrogen) atoms. The molecule has 108 valence electrons. The zero-order valence-electron chi connectivity index (χ0n) is 11.9. The fourth-order valence-electron chi connectivity index (χ4n) is 2.41. The molecule has 1 aromatic carbocycles. The first kappa shape index (κ1) is 13.6. The van der Waals surface area contributed by atoms with Crippen LogP contribution in [0.25, 0.3) is 0 Å². The van der Waals surface area contributed by atoms with E-state index in [1.165, 1.54) is 5.56 Å². The minimum Gasteiger partial charge on any atom is -0.361 e. The van der Waals surface area contributed by atoms with Gasteiger partial charge in [0.05, 0.1) is 24.6 Å². The van der Waals surface area contributed by atoms with Gasteiger partial charge in [-0.05, 0) is 18.9 Å². The van der Waals surface area contributed by atoms with Gasteiger partial charge in [0, 0.05) is 12.3 Å². The highest BCUT2D eigenvalue weighted by Gasteiger charge is 2.13. The van der Waals surface area contributed by atoms with E-state index in [9.17, 15) is 0 Å². The molecule has 0 bridgehead atoms. The summed E-state index contributed by atoms with van der Waals surface area (Å²) >= 11 is 0. The van der Waals surface area contributed by atoms with Crippen molar-refractivity contribution in [3.05, 3.63) is 71.6 Å². The van der Waals surface area contributed by atoms with Crippen molar-refractivity contribution < 1.29 is 4.52 Å². The summed E-state index contributed by atoms with van der Waals surface area (Å²) < 4.78 is 7.11. The summed E-state index contributed by atoms with van der Waals surface area (Å²) in [5.41, 5.74) is 9.42. The van der Waals surface area contributed by atoms with Crippen LogP contribution in [0.2, 0.25) is 0 Å². The Labute approximate surface area is 123 Å². The van der Waals surface area contributed by atoms with Gasteiger partial charge in [-0.2, -0.15) is 0 Å². The van der Waals surface area contributed by atoms with E-state index < -0.39 is 0 Å². The van der Waals surface area contributed by atoms with Crippen molar-refractivity contribution in [3.8, 4) is 0 Å². The van der Waals surface area contributed by atoms with Gasteiger partial charge < -0.3 is 14.8 Å². The molecule has 2 N–H and O–H groups in total. The molecule has 0 aliphatic rings. The molecule has 5 heteroatoms. The Hall–Kier alpha value is -2.40. The third kappa shape index (κ3) is 3.20. The Morgan fingerprint density at radius 3 is 2.81 bits per heavy atom. The SMILES string of the molecule is Cc1cc(Cn2cncc2[C@H](N)Cc2ccccc2)no1. The number of imidazole rings is 1. The predicted octanol–water partition coefficient (Wildman–Crippen LogP) is 2.47. The van der Waals surface area contributed by atoms with Gasteiger partial charge in [-0.25, -0.2) is 4.98 Å². The van der Waals surface area contributed by atoms with Crippen LogP contribution in [-0.4, -0.2) is 14.7 Å². The number of hydrogen-bond acceptors (Lipinski definition) is 4. The molecule has 0 unspecified atom stereocenters. The van der Waals surface area contributed by atoms with Crippen LogP contribution in [-0.2, 0) is 13.0 Å². The van der Waals surface area contributed by atoms with Gasteiger partial charge in [-0.3, -0.25) is 0 Å². The second-order valence-electron chi connectivity index (χ2n) is 5.17. The minimum absolute atomic E-state index is 0.0945. The summed E-state index contributed by atoms with van der Waals surface area (Å²) in [6.07, 6.45) is 4.38. The monoisotopic (exact) mass is 282 g/mol. The Kier molecular flexibility index (Phi) is 3.83. The van der Waals surface area contributed by atoms with Gasteiger partial charge in [-0.1, -0.05) is 35.5 Å². The molecule has 0 amide bonds. The van der Waals surface area contributed by atoms with Gasteiger partial charge in [0.2, 0.25) is 0 Å². The van der Waals surface area contributed by atoms with E-state index in [1.807, 2.05) is 42.0 Å². The van der Waals surface area contributed by atoms with Crippen molar-refractivity contribution in [1.82, 2.24) is 14.7 Å². The summed E-state index contributed by atoms with van der Waals surface area (Å²) in [6, 6.07) is 12.1. The first-order chi connectivity index (χ1) is 10.2. The largest absolute Gasteiger partial charge is 0.361 e. The van der Waals surface area contributed by atoms with Crippen LogP contribution in [0.3, 0.4) is 0 Å². The van der Waals surface area contributed by atoms with Crippen LogP contribution in [0, 0.1) is 6.92 Å². The molecule has 0 fully saturated rings. The minimum atomic E-state index is -0.0945. The van der Waals surface area contributed by atoms with E-state index in [-0.39, 0.29) is 6.04 Å². The quantitative estimate of drug-likeness (QED) is 0.780. The topological polar surface area (TPSA) is 69.9 Å². The third-order valence-corrected chi connectivity index (χ3v) is 3.43. The van der Waals surface area contributed by atoms with Gasteiger partial charge in [-0.15, -0.1) is 0 Å². The Morgan fingerprint density at radius 1 is 1.29 bits per heavy atom. The molecular weight excluding hydrogens is 264 g/mol. The average molecular weight is 282 g/mol. The van der Waals surface area contributed by atoms with Crippen LogP contribution in [0.5, 0.6) is 0 Å². The lowest BCUT2D eigenvalue weighted by Crippen LogP contribution is -2.18. The van der Waals surface area contributed by atoms with E-state index >= 15 is 0 Å². The molecule has 3 rings (SSSR count). The first-order valence-corrected chi connectivity index (χ1v) is 6.94. The molecule has 2 heterocycles. The molecule has 0 aliphatic carbocycles. The molecule has 0 aliphatic heterocycles. The van der Waals surface area contributed by atoms with E-state index in [4.69, 9.17) is 10.3 Å². The van der Waals surface area contributed by atoms with Crippen LogP contribution in [0.1, 0.15) is 28.8 Å². The fraction of sp³-hybridized carbons (Fsp3) is 0.250. The van der Waals surface area contributed by atoms with E-state index in [0.717, 1.165) is 23.6 Å². The number of benzene rings is 1. The summed E-state index contributed by atoms with van der Waals surface area (Å²) in [7, 11) is 0. The maximum atomic E-state index is 6.33. The van der Waals surface area contributed by atoms with Crippen molar-refractivity contribution in [2.75, 3.05) is 0 Å². The van der Waals surface area contributed by atoms with Crippen LogP contribution in [0.4, 0.5) is 0 Å². The van der Waals surface area contributed by atoms with Gasteiger partial charge in [0.25, 0.3) is 0 Å². The lowest BCUT2D eigenvalue weighted by molar-refractivity contribution is 0.388. The van der Waals surface area contributed by atoms with Crippen LogP contribution < -0.4 is 5.73 Å². The smallest absolute Gasteiger partial charge is 0.133 e. The molecule has 1 atom stereocenters. The summed E-state index contributed by atoms with van der Waals surface area (Å²) in [5.74, 6) is 0.806. The number of nitrogens with zero attached hydrogens (tertiary/aromatic N) is 3. The van der Waals surface area contributed by atoms with Gasteiger partial charge >= 0.3 is 0 Å². The van der Waals surface area contributed by atoms with Crippen LogP contribution in [0.15, 0.2) is 53.4 Å². The molecule has 0 radical (unpaired) electrons. The van der Waals surface area contributed by atoms with Crippen molar-refractivity contribution in [3.63, 3.8) is 0 Å². The molecule has 0 spiro atoms. The molecule has 3 aromatic rings. The normalized spacial score (nSPS) is 12.5. The summed E-state index contributed by atoms with van der Waals surface area (Å²) in [5, 5.41) is 4.01. The van der Waals surface area contributed by atoms with Gasteiger partial charge in [0.1, 0.15) is 11.5 Å².